The van der Waals surface area contributed by atoms with Crippen LogP contribution in [0.5, 0.6) is 5.75 Å². The summed E-state index contributed by atoms with van der Waals surface area (Å²) in [7, 11) is 0. The molecule has 0 fully saturated rings. The Labute approximate surface area is 221 Å². The monoisotopic (exact) mass is 509 g/mol. The van der Waals surface area contributed by atoms with Crippen LogP contribution in [0.2, 0.25) is 0 Å². The Hall–Kier alpha value is -4.49. The molecule has 0 aromatic heterocycles. The van der Waals surface area contributed by atoms with Crippen LogP contribution in [0.25, 0.3) is 0 Å². The minimum absolute atomic E-state index is 0.162. The van der Waals surface area contributed by atoms with Crippen LogP contribution in [-0.2, 0) is 13.0 Å². The molecule has 6 nitrogen and oxygen atoms in total. The number of rotatable bonds is 9. The maximum Gasteiger partial charge on any atom is 0.257 e. The van der Waals surface area contributed by atoms with Crippen LogP contribution >= 0.6 is 12.2 Å². The predicted molar refractivity (Wildman–Crippen MR) is 150 cm³/mol. The molecule has 0 spiro atoms. The average Bonchev–Trinajstić information content (AvgIpc) is 2.93. The normalized spacial score (nSPS) is 10.3. The number of carbonyl (C=O) groups excluding carboxylic acids is 2. The summed E-state index contributed by atoms with van der Waals surface area (Å²) >= 11 is 5.27. The second-order valence-electron chi connectivity index (χ2n) is 8.26. The van der Waals surface area contributed by atoms with E-state index >= 15 is 0 Å². The van der Waals surface area contributed by atoms with Gasteiger partial charge in [-0.2, -0.15) is 0 Å². The van der Waals surface area contributed by atoms with Crippen LogP contribution in [-0.4, -0.2) is 23.5 Å². The molecule has 0 aliphatic rings. The molecule has 0 saturated carbocycles. The molecule has 0 radical (unpaired) electrons. The zero-order valence-corrected chi connectivity index (χ0v) is 21.0. The molecule has 3 N–H and O–H groups in total. The fourth-order valence-electron chi connectivity index (χ4n) is 3.56. The lowest BCUT2D eigenvalue weighted by atomic mass is 10.1. The highest BCUT2D eigenvalue weighted by molar-refractivity contribution is 7.80. The lowest BCUT2D eigenvalue weighted by molar-refractivity contribution is 0.0948. The summed E-state index contributed by atoms with van der Waals surface area (Å²) in [4.78, 5) is 24.9. The van der Waals surface area contributed by atoms with E-state index < -0.39 is 0 Å². The molecule has 0 bridgehead atoms. The van der Waals surface area contributed by atoms with Crippen molar-refractivity contribution in [3.05, 3.63) is 131 Å². The Kier molecular flexibility index (Phi) is 8.99. The van der Waals surface area contributed by atoms with Gasteiger partial charge in [0.25, 0.3) is 11.8 Å². The third-order valence-corrected chi connectivity index (χ3v) is 5.75. The summed E-state index contributed by atoms with van der Waals surface area (Å²) in [6.07, 6.45) is 0.808. The number of carbonyl (C=O) groups is 2. The molecule has 4 rings (SSSR count). The molecular formula is C30H27N3O3S. The first-order valence-corrected chi connectivity index (χ1v) is 12.3. The Bertz CT molecular complexity index is 1330. The Morgan fingerprint density at radius 2 is 1.24 bits per heavy atom. The highest BCUT2D eigenvalue weighted by Crippen LogP contribution is 2.14. The molecule has 0 heterocycles. The first-order valence-electron chi connectivity index (χ1n) is 11.9. The zero-order valence-electron chi connectivity index (χ0n) is 20.1. The van der Waals surface area contributed by atoms with Crippen LogP contribution in [0.1, 0.15) is 31.8 Å². The van der Waals surface area contributed by atoms with Gasteiger partial charge in [0.2, 0.25) is 0 Å². The number of hydrogen-bond donors (Lipinski definition) is 3. The van der Waals surface area contributed by atoms with Crippen molar-refractivity contribution in [2.75, 3.05) is 11.9 Å². The molecule has 0 unspecified atom stereocenters. The van der Waals surface area contributed by atoms with E-state index in [2.05, 4.69) is 28.1 Å². The second kappa shape index (κ2) is 13.0. The SMILES string of the molecule is O=C(NCc1ccccc1)c1ccc(NC(=S)NC(=O)c2ccc(OCCc3ccccc3)cc2)cc1. The summed E-state index contributed by atoms with van der Waals surface area (Å²) in [5.74, 6) is 0.199. The van der Waals surface area contributed by atoms with Gasteiger partial charge in [0.1, 0.15) is 5.75 Å². The van der Waals surface area contributed by atoms with E-state index in [-0.39, 0.29) is 16.9 Å². The summed E-state index contributed by atoms with van der Waals surface area (Å²) in [6.45, 7) is 1.01. The number of anilines is 1. The molecule has 0 saturated heterocycles. The van der Waals surface area contributed by atoms with Crippen molar-refractivity contribution in [3.63, 3.8) is 0 Å². The molecule has 186 valence electrons. The third kappa shape index (κ3) is 8.02. The number of nitrogens with one attached hydrogen (secondary N) is 3. The topological polar surface area (TPSA) is 79.5 Å². The van der Waals surface area contributed by atoms with Gasteiger partial charge in [-0.05, 0) is 71.9 Å². The van der Waals surface area contributed by atoms with Crippen molar-refractivity contribution in [3.8, 4) is 5.75 Å². The molecule has 37 heavy (non-hydrogen) atoms. The lowest BCUT2D eigenvalue weighted by Gasteiger charge is -2.11. The van der Waals surface area contributed by atoms with Crippen molar-refractivity contribution in [2.24, 2.45) is 0 Å². The van der Waals surface area contributed by atoms with Crippen LogP contribution in [0.15, 0.2) is 109 Å². The molecule has 0 aliphatic carbocycles. The number of thiocarbonyl (C=S) groups is 1. The van der Waals surface area contributed by atoms with E-state index in [0.717, 1.165) is 12.0 Å². The molecule has 0 atom stereocenters. The minimum atomic E-state index is -0.328. The Morgan fingerprint density at radius 3 is 1.89 bits per heavy atom. The van der Waals surface area contributed by atoms with E-state index in [0.29, 0.717) is 35.7 Å². The highest BCUT2D eigenvalue weighted by Gasteiger charge is 2.10. The average molecular weight is 510 g/mol. The molecular weight excluding hydrogens is 482 g/mol. The summed E-state index contributed by atoms with van der Waals surface area (Å²) < 4.78 is 5.77. The van der Waals surface area contributed by atoms with E-state index in [4.69, 9.17) is 17.0 Å². The van der Waals surface area contributed by atoms with Crippen LogP contribution in [0.3, 0.4) is 0 Å². The van der Waals surface area contributed by atoms with Gasteiger partial charge >= 0.3 is 0 Å². The van der Waals surface area contributed by atoms with Crippen LogP contribution in [0.4, 0.5) is 5.69 Å². The summed E-state index contributed by atoms with van der Waals surface area (Å²) in [6, 6.07) is 33.6. The Balaban J connectivity index is 1.21. The zero-order chi connectivity index (χ0) is 25.9. The maximum absolute atomic E-state index is 12.6. The fraction of sp³-hybridized carbons (Fsp3) is 0.100. The predicted octanol–water partition coefficient (Wildman–Crippen LogP) is 5.36. The van der Waals surface area contributed by atoms with Crippen molar-refractivity contribution < 1.29 is 14.3 Å². The van der Waals surface area contributed by atoms with E-state index in [9.17, 15) is 9.59 Å². The maximum atomic E-state index is 12.6. The molecule has 4 aromatic rings. The van der Waals surface area contributed by atoms with Crippen LogP contribution in [0, 0.1) is 0 Å². The smallest absolute Gasteiger partial charge is 0.257 e. The Morgan fingerprint density at radius 1 is 0.676 bits per heavy atom. The largest absolute Gasteiger partial charge is 0.493 e. The number of amides is 2. The van der Waals surface area contributed by atoms with Crippen molar-refractivity contribution >= 4 is 34.8 Å². The number of hydrogen-bond acceptors (Lipinski definition) is 4. The molecule has 0 aliphatic heterocycles. The minimum Gasteiger partial charge on any atom is -0.493 e. The van der Waals surface area contributed by atoms with E-state index in [1.807, 2.05) is 48.5 Å². The number of benzene rings is 4. The summed E-state index contributed by atoms with van der Waals surface area (Å²) in [5.41, 5.74) is 3.89. The first kappa shape index (κ1) is 25.6. The quantitative estimate of drug-likeness (QED) is 0.265. The third-order valence-electron chi connectivity index (χ3n) is 5.55. The first-order chi connectivity index (χ1) is 18.1. The van der Waals surface area contributed by atoms with Gasteiger partial charge in [-0.15, -0.1) is 0 Å². The van der Waals surface area contributed by atoms with Crippen molar-refractivity contribution in [1.82, 2.24) is 10.6 Å². The van der Waals surface area contributed by atoms with Gasteiger partial charge in [0, 0.05) is 29.8 Å². The lowest BCUT2D eigenvalue weighted by Crippen LogP contribution is -2.34. The molecule has 2 amide bonds. The van der Waals surface area contributed by atoms with Crippen molar-refractivity contribution in [1.29, 1.82) is 0 Å². The van der Waals surface area contributed by atoms with Gasteiger partial charge in [-0.1, -0.05) is 60.7 Å². The van der Waals surface area contributed by atoms with Gasteiger partial charge < -0.3 is 15.4 Å². The molecule has 7 heteroatoms. The van der Waals surface area contributed by atoms with E-state index in [1.165, 1.54) is 5.56 Å². The summed E-state index contributed by atoms with van der Waals surface area (Å²) in [5, 5.41) is 8.68. The fourth-order valence-corrected chi connectivity index (χ4v) is 3.77. The van der Waals surface area contributed by atoms with Gasteiger partial charge in [-0.25, -0.2) is 0 Å². The van der Waals surface area contributed by atoms with E-state index in [1.54, 1.807) is 48.5 Å². The van der Waals surface area contributed by atoms with Gasteiger partial charge in [0.15, 0.2) is 5.11 Å². The van der Waals surface area contributed by atoms with Crippen molar-refractivity contribution in [2.45, 2.75) is 13.0 Å². The number of ether oxygens (including phenoxy) is 1. The second-order valence-corrected chi connectivity index (χ2v) is 8.67. The standard InChI is InChI=1S/C30H27N3O3S/c34-28(31-21-23-9-5-2-6-10-23)24-11-15-26(16-12-24)32-30(37)33-29(35)25-13-17-27(18-14-25)36-20-19-22-7-3-1-4-8-22/h1-18H,19-21H2,(H,31,34)(H2,32,33,35,37). The highest BCUT2D eigenvalue weighted by atomic mass is 32.1. The molecule has 4 aromatic carbocycles. The van der Waals surface area contributed by atoms with Gasteiger partial charge in [-0.3, -0.25) is 14.9 Å². The van der Waals surface area contributed by atoms with Gasteiger partial charge in [0.05, 0.1) is 6.61 Å². The van der Waals surface area contributed by atoms with Crippen LogP contribution < -0.4 is 20.7 Å².